The highest BCUT2D eigenvalue weighted by Gasteiger charge is 2.28. The van der Waals surface area contributed by atoms with Crippen LogP contribution in [0, 0.1) is 5.92 Å². The summed E-state index contributed by atoms with van der Waals surface area (Å²) in [5.41, 5.74) is 3.44. The first-order valence-corrected chi connectivity index (χ1v) is 9.71. The lowest BCUT2D eigenvalue weighted by atomic mass is 9.93. The minimum Gasteiger partial charge on any atom is -0.355 e. The van der Waals surface area contributed by atoms with Gasteiger partial charge in [-0.05, 0) is 42.9 Å². The molecule has 4 heterocycles. The maximum atomic E-state index is 12.9. The molecule has 0 spiro atoms. The van der Waals surface area contributed by atoms with E-state index in [0.29, 0.717) is 12.3 Å². The maximum absolute atomic E-state index is 12.9. The molecule has 0 unspecified atom stereocenters. The van der Waals surface area contributed by atoms with E-state index in [1.807, 2.05) is 27.7 Å². The molecule has 2 aliphatic rings. The van der Waals surface area contributed by atoms with Gasteiger partial charge in [0.2, 0.25) is 5.91 Å². The van der Waals surface area contributed by atoms with Gasteiger partial charge in [0.05, 0.1) is 6.20 Å². The summed E-state index contributed by atoms with van der Waals surface area (Å²) in [7, 11) is 0. The zero-order valence-electron chi connectivity index (χ0n) is 15.3. The van der Waals surface area contributed by atoms with E-state index in [2.05, 4.69) is 33.2 Å². The first kappa shape index (κ1) is 16.3. The van der Waals surface area contributed by atoms with Crippen LogP contribution in [-0.4, -0.2) is 40.1 Å². The summed E-state index contributed by atoms with van der Waals surface area (Å²) in [6, 6.07) is 10.3. The Morgan fingerprint density at radius 2 is 1.93 bits per heavy atom. The lowest BCUT2D eigenvalue weighted by molar-refractivity contribution is -0.119. The summed E-state index contributed by atoms with van der Waals surface area (Å²) in [6.07, 6.45) is 9.15. The summed E-state index contributed by atoms with van der Waals surface area (Å²) in [5, 5.41) is 4.29. The average Bonchev–Trinajstić information content (AvgIpc) is 3.35. The average molecular weight is 361 g/mol. The Kier molecular flexibility index (Phi) is 4.03. The Morgan fingerprint density at radius 1 is 1.07 bits per heavy atom. The molecular weight excluding hydrogens is 338 g/mol. The highest BCUT2D eigenvalue weighted by molar-refractivity contribution is 5.95. The Morgan fingerprint density at radius 3 is 2.81 bits per heavy atom. The number of rotatable bonds is 3. The molecule has 0 saturated carbocycles. The summed E-state index contributed by atoms with van der Waals surface area (Å²) >= 11 is 0. The van der Waals surface area contributed by atoms with E-state index in [0.717, 1.165) is 55.9 Å². The first-order chi connectivity index (χ1) is 13.3. The third-order valence-corrected chi connectivity index (χ3v) is 5.87. The largest absolute Gasteiger partial charge is 0.355 e. The van der Waals surface area contributed by atoms with Crippen molar-refractivity contribution in [3.63, 3.8) is 0 Å². The third-order valence-electron chi connectivity index (χ3n) is 5.87. The van der Waals surface area contributed by atoms with Crippen molar-refractivity contribution in [2.75, 3.05) is 29.4 Å². The van der Waals surface area contributed by atoms with Crippen LogP contribution in [0.5, 0.6) is 0 Å². The lowest BCUT2D eigenvalue weighted by Crippen LogP contribution is -2.37. The van der Waals surface area contributed by atoms with Gasteiger partial charge in [-0.15, -0.1) is 0 Å². The second-order valence-electron chi connectivity index (χ2n) is 7.47. The quantitative estimate of drug-likeness (QED) is 0.720. The van der Waals surface area contributed by atoms with E-state index in [4.69, 9.17) is 0 Å². The topological polar surface area (TPSA) is 53.7 Å². The van der Waals surface area contributed by atoms with Crippen LogP contribution < -0.4 is 9.80 Å². The maximum Gasteiger partial charge on any atom is 0.227 e. The van der Waals surface area contributed by atoms with Crippen molar-refractivity contribution in [2.24, 2.45) is 5.92 Å². The van der Waals surface area contributed by atoms with Crippen molar-refractivity contribution in [1.29, 1.82) is 0 Å². The number of hydrogen-bond donors (Lipinski definition) is 0. The number of aromatic nitrogens is 3. The van der Waals surface area contributed by atoms with Gasteiger partial charge in [0.15, 0.2) is 5.82 Å². The Bertz CT molecular complexity index is 973. The normalized spacial score (nSPS) is 17.5. The monoisotopic (exact) mass is 361 g/mol. The fraction of sp³-hybridized carbons (Fsp3) is 0.381. The minimum absolute atomic E-state index is 0.273. The minimum atomic E-state index is 0.273. The van der Waals surface area contributed by atoms with Crippen molar-refractivity contribution < 1.29 is 4.79 Å². The summed E-state index contributed by atoms with van der Waals surface area (Å²) < 4.78 is 1.86. The second-order valence-corrected chi connectivity index (χ2v) is 7.47. The van der Waals surface area contributed by atoms with Crippen molar-refractivity contribution in [2.45, 2.75) is 25.7 Å². The summed E-state index contributed by atoms with van der Waals surface area (Å²) in [4.78, 5) is 21.7. The van der Waals surface area contributed by atoms with Crippen LogP contribution in [0.15, 0.2) is 48.9 Å². The van der Waals surface area contributed by atoms with Crippen LogP contribution in [0.1, 0.15) is 24.8 Å². The predicted molar refractivity (Wildman–Crippen MR) is 105 cm³/mol. The molecule has 1 saturated heterocycles. The molecule has 2 aliphatic heterocycles. The molecule has 5 rings (SSSR count). The molecule has 27 heavy (non-hydrogen) atoms. The van der Waals surface area contributed by atoms with Gasteiger partial charge in [0, 0.05) is 44.1 Å². The Hall–Kier alpha value is -2.89. The van der Waals surface area contributed by atoms with Crippen LogP contribution >= 0.6 is 0 Å². The summed E-state index contributed by atoms with van der Waals surface area (Å²) in [5.74, 6) is 1.72. The van der Waals surface area contributed by atoms with Gasteiger partial charge in [-0.1, -0.05) is 18.2 Å². The fourth-order valence-corrected chi connectivity index (χ4v) is 4.39. The summed E-state index contributed by atoms with van der Waals surface area (Å²) in [6.45, 7) is 2.70. The zero-order valence-corrected chi connectivity index (χ0v) is 15.3. The van der Waals surface area contributed by atoms with Gasteiger partial charge in [-0.25, -0.2) is 9.50 Å². The zero-order chi connectivity index (χ0) is 18.2. The fourth-order valence-electron chi connectivity index (χ4n) is 4.39. The Balaban J connectivity index is 1.23. The predicted octanol–water partition coefficient (Wildman–Crippen LogP) is 2.93. The first-order valence-electron chi connectivity index (χ1n) is 9.71. The van der Waals surface area contributed by atoms with Gasteiger partial charge in [0.1, 0.15) is 5.52 Å². The van der Waals surface area contributed by atoms with Gasteiger partial charge >= 0.3 is 0 Å². The highest BCUT2D eigenvalue weighted by atomic mass is 16.2. The molecule has 138 valence electrons. The number of carbonyl (C=O) groups excluding carboxylic acids is 1. The van der Waals surface area contributed by atoms with Crippen LogP contribution in [0.4, 0.5) is 11.5 Å². The molecule has 3 aromatic rings. The molecule has 0 aliphatic carbocycles. The molecule has 1 amide bonds. The number of fused-ring (bicyclic) bond motifs is 2. The number of amides is 1. The molecule has 0 N–H and O–H groups in total. The standard InChI is InChI=1S/C21H23N5O/c27-20(25-13-8-17-3-1-2-4-18(17)25)15-16-6-11-24(12-7-16)21-19-5-9-23-26(19)14-10-22-21/h1-5,9-10,14,16H,6-8,11-13,15H2. The SMILES string of the molecule is O=C(CC1CCN(c2nccn3nccc23)CC1)N1CCc2ccccc21. The lowest BCUT2D eigenvalue weighted by Gasteiger charge is -2.33. The molecule has 1 aromatic carbocycles. The number of benzene rings is 1. The molecule has 0 bridgehead atoms. The molecule has 1 fully saturated rings. The third kappa shape index (κ3) is 2.95. The van der Waals surface area contributed by atoms with Crippen LogP contribution in [0.25, 0.3) is 5.52 Å². The van der Waals surface area contributed by atoms with Gasteiger partial charge in [-0.2, -0.15) is 5.10 Å². The van der Waals surface area contributed by atoms with E-state index < -0.39 is 0 Å². The molecular formula is C21H23N5O. The molecule has 2 aromatic heterocycles. The second kappa shape index (κ2) is 6.68. The van der Waals surface area contributed by atoms with E-state index in [9.17, 15) is 4.79 Å². The van der Waals surface area contributed by atoms with Gasteiger partial charge < -0.3 is 9.80 Å². The molecule has 0 atom stereocenters. The van der Waals surface area contributed by atoms with Crippen LogP contribution in [0.3, 0.4) is 0 Å². The number of para-hydroxylation sites is 1. The van der Waals surface area contributed by atoms with E-state index >= 15 is 0 Å². The van der Waals surface area contributed by atoms with E-state index in [1.54, 1.807) is 12.4 Å². The van der Waals surface area contributed by atoms with Gasteiger partial charge in [0.25, 0.3) is 0 Å². The number of carbonyl (C=O) groups is 1. The molecule has 6 heteroatoms. The van der Waals surface area contributed by atoms with E-state index in [-0.39, 0.29) is 5.91 Å². The van der Waals surface area contributed by atoms with Crippen molar-refractivity contribution in [3.05, 3.63) is 54.5 Å². The van der Waals surface area contributed by atoms with Crippen LogP contribution in [0.2, 0.25) is 0 Å². The molecule has 6 nitrogen and oxygen atoms in total. The number of nitrogens with zero attached hydrogens (tertiary/aromatic N) is 5. The number of hydrogen-bond acceptors (Lipinski definition) is 4. The molecule has 0 radical (unpaired) electrons. The van der Waals surface area contributed by atoms with Crippen molar-refractivity contribution in [3.8, 4) is 0 Å². The Labute approximate surface area is 158 Å². The van der Waals surface area contributed by atoms with Crippen molar-refractivity contribution in [1.82, 2.24) is 14.6 Å². The van der Waals surface area contributed by atoms with Gasteiger partial charge in [-0.3, -0.25) is 4.79 Å². The highest BCUT2D eigenvalue weighted by Crippen LogP contribution is 2.31. The smallest absolute Gasteiger partial charge is 0.227 e. The number of anilines is 2. The van der Waals surface area contributed by atoms with Crippen LogP contribution in [-0.2, 0) is 11.2 Å². The van der Waals surface area contributed by atoms with Crippen molar-refractivity contribution >= 4 is 22.9 Å². The van der Waals surface area contributed by atoms with E-state index in [1.165, 1.54) is 5.56 Å². The number of piperidine rings is 1.